The number of hydrogen-bond acceptors (Lipinski definition) is 5. The van der Waals surface area contributed by atoms with Gasteiger partial charge in [0.15, 0.2) is 0 Å². The fraction of sp³-hybridized carbons (Fsp3) is 0.222. The molecule has 0 heterocycles. The van der Waals surface area contributed by atoms with Gasteiger partial charge in [-0.25, -0.2) is 5.43 Å². The Labute approximate surface area is 151 Å². The Hall–Kier alpha value is -2.73. The van der Waals surface area contributed by atoms with Gasteiger partial charge in [0.1, 0.15) is 11.5 Å². The minimum absolute atomic E-state index is 0.0558. The van der Waals surface area contributed by atoms with Crippen molar-refractivity contribution in [1.29, 1.82) is 0 Å². The van der Waals surface area contributed by atoms with E-state index >= 15 is 0 Å². The number of carbonyl (C=O) groups is 1. The number of anilines is 1. The molecule has 0 aliphatic rings. The summed E-state index contributed by atoms with van der Waals surface area (Å²) in [5.74, 6) is 1.01. The van der Waals surface area contributed by atoms with Crippen molar-refractivity contribution in [2.75, 3.05) is 26.1 Å². The zero-order valence-electron chi connectivity index (χ0n) is 14.3. The molecule has 6 nitrogen and oxygen atoms in total. The predicted molar refractivity (Wildman–Crippen MR) is 99.8 cm³/mol. The monoisotopic (exact) mass is 361 g/mol. The number of rotatable bonds is 7. The van der Waals surface area contributed by atoms with Crippen molar-refractivity contribution in [3.8, 4) is 11.5 Å². The van der Waals surface area contributed by atoms with E-state index in [1.165, 1.54) is 0 Å². The molecule has 0 saturated heterocycles. The zero-order chi connectivity index (χ0) is 18.2. The van der Waals surface area contributed by atoms with Crippen LogP contribution in [0, 0.1) is 0 Å². The second-order valence-electron chi connectivity index (χ2n) is 5.13. The average Bonchev–Trinajstić information content (AvgIpc) is 2.64. The number of methoxy groups -OCH3 is 2. The van der Waals surface area contributed by atoms with Gasteiger partial charge in [-0.2, -0.15) is 5.10 Å². The lowest BCUT2D eigenvalue weighted by Crippen LogP contribution is -2.26. The van der Waals surface area contributed by atoms with Crippen molar-refractivity contribution in [3.05, 3.63) is 53.1 Å². The van der Waals surface area contributed by atoms with Crippen LogP contribution in [0.3, 0.4) is 0 Å². The normalized spacial score (nSPS) is 11.0. The van der Waals surface area contributed by atoms with Crippen molar-refractivity contribution in [3.63, 3.8) is 0 Å². The summed E-state index contributed by atoms with van der Waals surface area (Å²) in [4.78, 5) is 11.9. The number of amides is 1. The Balaban J connectivity index is 1.98. The highest BCUT2D eigenvalue weighted by atomic mass is 35.5. The van der Waals surface area contributed by atoms with Gasteiger partial charge in [-0.05, 0) is 31.2 Å². The van der Waals surface area contributed by atoms with Crippen LogP contribution in [-0.2, 0) is 4.79 Å². The minimum Gasteiger partial charge on any atom is -0.497 e. The van der Waals surface area contributed by atoms with E-state index in [0.29, 0.717) is 27.9 Å². The fourth-order valence-corrected chi connectivity index (χ4v) is 2.33. The molecule has 2 aromatic rings. The van der Waals surface area contributed by atoms with Gasteiger partial charge in [-0.15, -0.1) is 0 Å². The van der Waals surface area contributed by atoms with Crippen LogP contribution in [0.15, 0.2) is 47.6 Å². The Morgan fingerprint density at radius 1 is 1.16 bits per heavy atom. The SMILES string of the molecule is COc1ccc(/C(C)=N\NC(=O)CNc2ccccc2Cl)c(OC)c1. The third-order valence-corrected chi connectivity index (χ3v) is 3.79. The van der Waals surface area contributed by atoms with Gasteiger partial charge in [0, 0.05) is 11.6 Å². The lowest BCUT2D eigenvalue weighted by molar-refractivity contribution is -0.119. The lowest BCUT2D eigenvalue weighted by Gasteiger charge is -2.10. The first-order valence-electron chi connectivity index (χ1n) is 7.59. The van der Waals surface area contributed by atoms with Gasteiger partial charge in [0.05, 0.1) is 37.2 Å². The van der Waals surface area contributed by atoms with Gasteiger partial charge in [0.2, 0.25) is 0 Å². The number of ether oxygens (including phenoxy) is 2. The zero-order valence-corrected chi connectivity index (χ0v) is 15.1. The Morgan fingerprint density at radius 2 is 1.92 bits per heavy atom. The van der Waals surface area contributed by atoms with Gasteiger partial charge in [0.25, 0.3) is 5.91 Å². The minimum atomic E-state index is -0.285. The summed E-state index contributed by atoms with van der Waals surface area (Å²) in [6.07, 6.45) is 0. The van der Waals surface area contributed by atoms with E-state index in [-0.39, 0.29) is 12.5 Å². The topological polar surface area (TPSA) is 72.0 Å². The standard InChI is InChI=1S/C18H20ClN3O3/c1-12(14-9-8-13(24-2)10-17(14)25-3)21-22-18(23)11-20-16-7-5-4-6-15(16)19/h4-10,20H,11H2,1-3H3,(H,22,23)/b21-12-. The number of nitrogens with zero attached hydrogens (tertiary/aromatic N) is 1. The molecule has 0 radical (unpaired) electrons. The molecule has 0 spiro atoms. The molecule has 132 valence electrons. The summed E-state index contributed by atoms with van der Waals surface area (Å²) in [6, 6.07) is 12.6. The van der Waals surface area contributed by atoms with Crippen molar-refractivity contribution in [1.82, 2.24) is 5.43 Å². The number of carbonyl (C=O) groups excluding carboxylic acids is 1. The van der Waals surface area contributed by atoms with Crippen LogP contribution in [0.5, 0.6) is 11.5 Å². The van der Waals surface area contributed by atoms with Gasteiger partial charge >= 0.3 is 0 Å². The first kappa shape index (κ1) is 18.6. The van der Waals surface area contributed by atoms with Crippen LogP contribution in [0.4, 0.5) is 5.69 Å². The fourth-order valence-electron chi connectivity index (χ4n) is 2.12. The van der Waals surface area contributed by atoms with E-state index in [9.17, 15) is 4.79 Å². The van der Waals surface area contributed by atoms with Crippen molar-refractivity contribution in [2.45, 2.75) is 6.92 Å². The predicted octanol–water partition coefficient (Wildman–Crippen LogP) is 3.31. The molecule has 0 aromatic heterocycles. The molecular weight excluding hydrogens is 342 g/mol. The first-order valence-corrected chi connectivity index (χ1v) is 7.97. The largest absolute Gasteiger partial charge is 0.497 e. The molecule has 0 atom stereocenters. The number of hydrogen-bond donors (Lipinski definition) is 2. The molecule has 0 bridgehead atoms. The van der Waals surface area contributed by atoms with Gasteiger partial charge in [-0.1, -0.05) is 23.7 Å². The molecule has 0 aliphatic heterocycles. The summed E-state index contributed by atoms with van der Waals surface area (Å²) in [5.41, 5.74) is 4.58. The Kier molecular flexibility index (Phi) is 6.65. The van der Waals surface area contributed by atoms with E-state index in [1.807, 2.05) is 18.2 Å². The second kappa shape index (κ2) is 8.94. The molecule has 2 rings (SSSR count). The highest BCUT2D eigenvalue weighted by molar-refractivity contribution is 6.33. The number of halogens is 1. The number of hydrazone groups is 1. The average molecular weight is 362 g/mol. The van der Waals surface area contributed by atoms with Crippen molar-refractivity contribution < 1.29 is 14.3 Å². The third-order valence-electron chi connectivity index (χ3n) is 3.46. The Bertz CT molecular complexity index is 778. The second-order valence-corrected chi connectivity index (χ2v) is 5.54. The summed E-state index contributed by atoms with van der Waals surface area (Å²) in [6.45, 7) is 1.84. The molecular formula is C18H20ClN3O3. The quantitative estimate of drug-likeness (QED) is 0.586. The third kappa shape index (κ3) is 5.12. The smallest absolute Gasteiger partial charge is 0.259 e. The maximum atomic E-state index is 11.9. The van der Waals surface area contributed by atoms with Crippen molar-refractivity contribution in [2.24, 2.45) is 5.10 Å². The van der Waals surface area contributed by atoms with Crippen LogP contribution >= 0.6 is 11.6 Å². The van der Waals surface area contributed by atoms with E-state index in [2.05, 4.69) is 15.8 Å². The van der Waals surface area contributed by atoms with E-state index in [1.54, 1.807) is 45.4 Å². The molecule has 0 saturated carbocycles. The molecule has 0 aliphatic carbocycles. The molecule has 2 aromatic carbocycles. The molecule has 0 unspecified atom stereocenters. The summed E-state index contributed by atoms with van der Waals surface area (Å²) >= 11 is 6.03. The molecule has 25 heavy (non-hydrogen) atoms. The summed E-state index contributed by atoms with van der Waals surface area (Å²) < 4.78 is 10.5. The van der Waals surface area contributed by atoms with Crippen LogP contribution < -0.4 is 20.2 Å². The lowest BCUT2D eigenvalue weighted by atomic mass is 10.1. The Morgan fingerprint density at radius 3 is 2.60 bits per heavy atom. The molecule has 1 amide bonds. The number of para-hydroxylation sites is 1. The summed E-state index contributed by atoms with van der Waals surface area (Å²) in [7, 11) is 3.15. The van der Waals surface area contributed by atoms with Crippen molar-refractivity contribution >= 4 is 28.9 Å². The first-order chi connectivity index (χ1) is 12.0. The molecule has 7 heteroatoms. The number of benzene rings is 2. The van der Waals surface area contributed by atoms with Crippen LogP contribution in [-0.4, -0.2) is 32.4 Å². The van der Waals surface area contributed by atoms with Gasteiger partial charge < -0.3 is 14.8 Å². The summed E-state index contributed by atoms with van der Waals surface area (Å²) in [5, 5.41) is 7.63. The number of nitrogens with one attached hydrogen (secondary N) is 2. The highest BCUT2D eigenvalue weighted by Gasteiger charge is 2.09. The van der Waals surface area contributed by atoms with Crippen LogP contribution in [0.1, 0.15) is 12.5 Å². The highest BCUT2D eigenvalue weighted by Crippen LogP contribution is 2.25. The van der Waals surface area contributed by atoms with E-state index in [4.69, 9.17) is 21.1 Å². The van der Waals surface area contributed by atoms with E-state index < -0.39 is 0 Å². The maximum Gasteiger partial charge on any atom is 0.259 e. The molecule has 0 fully saturated rings. The van der Waals surface area contributed by atoms with Gasteiger partial charge in [-0.3, -0.25) is 4.79 Å². The van der Waals surface area contributed by atoms with Crippen LogP contribution in [0.2, 0.25) is 5.02 Å². The van der Waals surface area contributed by atoms with E-state index in [0.717, 1.165) is 5.56 Å². The van der Waals surface area contributed by atoms with Crippen LogP contribution in [0.25, 0.3) is 0 Å². The maximum absolute atomic E-state index is 11.9. The molecule has 2 N–H and O–H groups in total.